The first-order valence-corrected chi connectivity index (χ1v) is 17.3. The summed E-state index contributed by atoms with van der Waals surface area (Å²) in [5, 5.41) is 16.5. The number of carboxylic acid groups (broad SMARTS) is 1. The van der Waals surface area contributed by atoms with E-state index >= 15 is 0 Å². The lowest BCUT2D eigenvalue weighted by molar-refractivity contribution is -0.192. The molecule has 1 fully saturated rings. The Morgan fingerprint density at radius 1 is 1.02 bits per heavy atom. The van der Waals surface area contributed by atoms with Crippen LogP contribution in [-0.4, -0.2) is 77.7 Å². The van der Waals surface area contributed by atoms with Gasteiger partial charge in [0.25, 0.3) is 0 Å². The number of guanidine groups is 1. The van der Waals surface area contributed by atoms with Gasteiger partial charge in [0.2, 0.25) is 11.7 Å². The van der Waals surface area contributed by atoms with Crippen molar-refractivity contribution in [3.8, 4) is 0 Å². The number of nitrogens with one attached hydrogen (secondary N) is 3. The van der Waals surface area contributed by atoms with E-state index < -0.39 is 42.3 Å². The smallest absolute Gasteiger partial charge is 0.475 e. The lowest BCUT2D eigenvalue weighted by atomic mass is 9.88. The molecule has 51 heavy (non-hydrogen) atoms. The second kappa shape index (κ2) is 19.6. The van der Waals surface area contributed by atoms with Gasteiger partial charge >= 0.3 is 18.2 Å². The number of nitrogens with two attached hydrogens (primary N) is 2. The molecule has 2 heterocycles. The van der Waals surface area contributed by atoms with Crippen molar-refractivity contribution < 1.29 is 42.2 Å². The number of para-hydroxylation sites is 1. The third-order valence-corrected chi connectivity index (χ3v) is 8.87. The number of rotatable bonds is 14. The second-order valence-electron chi connectivity index (χ2n) is 12.3. The van der Waals surface area contributed by atoms with Crippen LogP contribution in [0.25, 0.3) is 10.2 Å². The number of hydrogen-bond donors (Lipinski definition) is 6. The van der Waals surface area contributed by atoms with Crippen LogP contribution in [0.1, 0.15) is 67.4 Å². The summed E-state index contributed by atoms with van der Waals surface area (Å²) in [4.78, 5) is 58.1. The number of thiazole rings is 1. The normalized spacial score (nSPS) is 15.1. The van der Waals surface area contributed by atoms with Crippen molar-refractivity contribution in [1.29, 1.82) is 0 Å². The number of amides is 2. The van der Waals surface area contributed by atoms with E-state index in [1.54, 1.807) is 0 Å². The number of carbonyl (C=O) groups excluding carboxylic acids is 3. The number of ether oxygens (including phenoxy) is 1. The number of ketones is 1. The van der Waals surface area contributed by atoms with Gasteiger partial charge in [-0.15, -0.1) is 11.3 Å². The third-order valence-electron chi connectivity index (χ3n) is 7.82. The van der Waals surface area contributed by atoms with Crippen LogP contribution in [0.5, 0.6) is 0 Å². The first kappa shape index (κ1) is 40.7. The molecule has 0 spiro atoms. The molecule has 4 rings (SSSR count). The van der Waals surface area contributed by atoms with Gasteiger partial charge in [-0.2, -0.15) is 13.2 Å². The number of piperidine rings is 1. The molecule has 1 aliphatic heterocycles. The fourth-order valence-corrected chi connectivity index (χ4v) is 6.35. The summed E-state index contributed by atoms with van der Waals surface area (Å²) in [6, 6.07) is 15.4. The van der Waals surface area contributed by atoms with Crippen LogP contribution < -0.4 is 27.4 Å². The second-order valence-corrected chi connectivity index (χ2v) is 13.3. The minimum absolute atomic E-state index is 0.0407. The highest BCUT2D eigenvalue weighted by Gasteiger charge is 2.38. The molecule has 13 nitrogen and oxygen atoms in total. The number of nitrogens with zero attached hydrogens (tertiary/aromatic N) is 2. The lowest BCUT2D eigenvalue weighted by Crippen LogP contribution is -2.52. The summed E-state index contributed by atoms with van der Waals surface area (Å²) < 4.78 is 38.6. The van der Waals surface area contributed by atoms with Crippen molar-refractivity contribution in [1.82, 2.24) is 20.9 Å². The molecule has 2 amide bonds. The maximum atomic E-state index is 13.7. The number of carbonyl (C=O) groups is 4. The Labute approximate surface area is 297 Å². The Morgan fingerprint density at radius 3 is 2.24 bits per heavy atom. The minimum Gasteiger partial charge on any atom is -0.475 e. The highest BCUT2D eigenvalue weighted by atomic mass is 32.1. The van der Waals surface area contributed by atoms with E-state index in [1.807, 2.05) is 68.4 Å². The molecule has 2 aromatic carbocycles. The summed E-state index contributed by atoms with van der Waals surface area (Å²) in [5.41, 5.74) is 12.6. The van der Waals surface area contributed by atoms with Crippen molar-refractivity contribution in [3.63, 3.8) is 0 Å². The average molecular weight is 736 g/mol. The molecular formula is C34H44F3N7O6S. The van der Waals surface area contributed by atoms with Gasteiger partial charge in [0.15, 0.2) is 11.0 Å². The molecule has 0 radical (unpaired) electrons. The molecule has 3 aromatic rings. The van der Waals surface area contributed by atoms with E-state index in [2.05, 4.69) is 25.9 Å². The predicted octanol–water partition coefficient (Wildman–Crippen LogP) is 4.53. The van der Waals surface area contributed by atoms with Crippen LogP contribution in [-0.2, 0) is 14.3 Å². The van der Waals surface area contributed by atoms with Crippen LogP contribution in [0.4, 0.5) is 18.0 Å². The fourth-order valence-electron chi connectivity index (χ4n) is 5.39. The number of alkyl carbamates (subject to hydrolysis) is 1. The molecule has 1 unspecified atom stereocenters. The van der Waals surface area contributed by atoms with E-state index in [0.29, 0.717) is 30.8 Å². The van der Waals surface area contributed by atoms with Crippen molar-refractivity contribution in [2.24, 2.45) is 28.3 Å². The predicted molar refractivity (Wildman–Crippen MR) is 187 cm³/mol. The Hall–Kier alpha value is -4.77. The summed E-state index contributed by atoms with van der Waals surface area (Å²) in [7, 11) is 0. The zero-order valence-corrected chi connectivity index (χ0v) is 29.1. The van der Waals surface area contributed by atoms with Gasteiger partial charge in [0.05, 0.1) is 16.3 Å². The number of aromatic nitrogens is 1. The third kappa shape index (κ3) is 13.5. The van der Waals surface area contributed by atoms with Crippen LogP contribution in [0, 0.1) is 11.8 Å². The van der Waals surface area contributed by atoms with Crippen molar-refractivity contribution >= 4 is 51.3 Å². The molecule has 17 heteroatoms. The maximum Gasteiger partial charge on any atom is 0.490 e. The molecule has 0 saturated carbocycles. The summed E-state index contributed by atoms with van der Waals surface area (Å²) in [6.07, 6.45) is -3.33. The number of alkyl halides is 3. The summed E-state index contributed by atoms with van der Waals surface area (Å²) >= 11 is 1.28. The number of carboxylic acids is 1. The molecule has 1 aromatic heterocycles. The van der Waals surface area contributed by atoms with Crippen molar-refractivity contribution in [2.75, 3.05) is 19.6 Å². The number of halogens is 3. The van der Waals surface area contributed by atoms with Gasteiger partial charge in [-0.05, 0) is 68.8 Å². The number of Topliss-reactive ketones (excluding diaryl/α,β-unsaturated/α-hetero) is 1. The van der Waals surface area contributed by atoms with Gasteiger partial charge in [0.1, 0.15) is 12.1 Å². The zero-order valence-electron chi connectivity index (χ0n) is 28.3. The Balaban J connectivity index is 0.000000908. The van der Waals surface area contributed by atoms with E-state index in [1.165, 1.54) is 11.3 Å². The number of aliphatic imine (C=N–C) groups is 1. The molecule has 278 valence electrons. The molecule has 0 bridgehead atoms. The van der Waals surface area contributed by atoms with Gasteiger partial charge in [0, 0.05) is 12.5 Å². The first-order chi connectivity index (χ1) is 24.1. The van der Waals surface area contributed by atoms with Crippen LogP contribution >= 0.6 is 11.3 Å². The topological polar surface area (TPSA) is 211 Å². The highest BCUT2D eigenvalue weighted by Crippen LogP contribution is 2.32. The quantitative estimate of drug-likeness (QED) is 0.0589. The number of aliphatic carboxylic acids is 1. The van der Waals surface area contributed by atoms with Crippen molar-refractivity contribution in [2.45, 2.75) is 70.3 Å². The maximum absolute atomic E-state index is 13.7. The van der Waals surface area contributed by atoms with E-state index in [4.69, 9.17) is 26.1 Å². The monoisotopic (exact) mass is 735 g/mol. The van der Waals surface area contributed by atoms with Crippen LogP contribution in [0.3, 0.4) is 0 Å². The van der Waals surface area contributed by atoms with Crippen LogP contribution in [0.15, 0.2) is 59.6 Å². The van der Waals surface area contributed by atoms with Gasteiger partial charge < -0.3 is 37.3 Å². The van der Waals surface area contributed by atoms with E-state index in [9.17, 15) is 27.6 Å². The number of fused-ring (bicyclic) bond motifs is 1. The van der Waals surface area contributed by atoms with Gasteiger partial charge in [-0.1, -0.05) is 56.3 Å². The molecule has 1 saturated heterocycles. The zero-order chi connectivity index (χ0) is 37.6. The Kier molecular flexibility index (Phi) is 15.6. The lowest BCUT2D eigenvalue weighted by Gasteiger charge is -2.31. The Bertz CT molecular complexity index is 1590. The molecule has 1 aliphatic rings. The number of benzene rings is 2. The highest BCUT2D eigenvalue weighted by molar-refractivity contribution is 7.20. The summed E-state index contributed by atoms with van der Waals surface area (Å²) in [5.74, 6) is -3.32. The average Bonchev–Trinajstić information content (AvgIpc) is 3.53. The standard InChI is InChI=1S/C32H43N7O4S.C2HF3O2/c1-20(2)19-25(39-32(42)43-28(21-9-4-3-5-10-21)22-14-17-35-18-15-22)29(41)37-24(12-8-16-36-31(33)34)27(40)30-38-23-11-6-7-13-26(23)44-30;3-2(4,5)1(6)7/h3-7,9-11,13,20,22,24-25,28,35H,8,12,14-19H2,1-2H3,(H,37,41)(H,39,42)(H4,33,34,36);(H,6,7)/t24-,25-,28?;/m0./s1. The Morgan fingerprint density at radius 2 is 1.65 bits per heavy atom. The summed E-state index contributed by atoms with van der Waals surface area (Å²) in [6.45, 7) is 5.94. The fraction of sp³-hybridized carbons (Fsp3) is 0.471. The van der Waals surface area contributed by atoms with Crippen molar-refractivity contribution in [3.05, 3.63) is 65.2 Å². The first-order valence-electron chi connectivity index (χ1n) is 16.4. The molecular weight excluding hydrogens is 691 g/mol. The molecule has 8 N–H and O–H groups in total. The van der Waals surface area contributed by atoms with Gasteiger partial charge in [-0.3, -0.25) is 14.6 Å². The van der Waals surface area contributed by atoms with E-state index in [0.717, 1.165) is 41.7 Å². The number of hydrogen-bond acceptors (Lipinski definition) is 9. The molecule has 3 atom stereocenters. The molecule has 0 aliphatic carbocycles. The van der Waals surface area contributed by atoms with Crippen LogP contribution in [0.2, 0.25) is 0 Å². The minimum atomic E-state index is -5.08. The van der Waals surface area contributed by atoms with Gasteiger partial charge in [-0.25, -0.2) is 14.6 Å². The largest absolute Gasteiger partial charge is 0.490 e. The van der Waals surface area contributed by atoms with E-state index in [-0.39, 0.29) is 23.6 Å². The SMILES string of the molecule is CC(C)C[C@H](NC(=O)OC(c1ccccc1)C1CCNCC1)C(=O)N[C@@H](CCCN=C(N)N)C(=O)c1nc2ccccc2s1.O=C(O)C(F)(F)F.